The number of ether oxygens (including phenoxy) is 1. The van der Waals surface area contributed by atoms with Gasteiger partial charge in [0.1, 0.15) is 0 Å². The average molecular weight is 450 g/mol. The number of alkyl halides is 3. The van der Waals surface area contributed by atoms with Crippen molar-refractivity contribution in [1.29, 1.82) is 0 Å². The Balaban J connectivity index is 1.92. The second-order valence-corrected chi connectivity index (χ2v) is 9.45. The van der Waals surface area contributed by atoms with Gasteiger partial charge in [-0.25, -0.2) is 8.42 Å². The SMILES string of the molecule is CC(C)CNC(=O)COC(=O)C1CCN(S(=O)(=O)c2cccc(C(F)(F)F)c2)CC1. The van der Waals surface area contributed by atoms with Crippen LogP contribution in [0.2, 0.25) is 0 Å². The first-order valence-corrected chi connectivity index (χ1v) is 11.0. The Morgan fingerprint density at radius 3 is 2.43 bits per heavy atom. The molecule has 1 N–H and O–H groups in total. The molecule has 0 spiro atoms. The summed E-state index contributed by atoms with van der Waals surface area (Å²) in [5, 5.41) is 2.62. The number of carbonyl (C=O) groups excluding carboxylic acids is 2. The van der Waals surface area contributed by atoms with Crippen molar-refractivity contribution in [2.45, 2.75) is 37.8 Å². The Labute approximate surface area is 173 Å². The van der Waals surface area contributed by atoms with Gasteiger partial charge in [-0.2, -0.15) is 17.5 Å². The van der Waals surface area contributed by atoms with E-state index in [0.29, 0.717) is 12.6 Å². The monoisotopic (exact) mass is 450 g/mol. The quantitative estimate of drug-likeness (QED) is 0.644. The number of rotatable bonds is 7. The van der Waals surface area contributed by atoms with Gasteiger partial charge in [0.15, 0.2) is 6.61 Å². The molecule has 0 radical (unpaired) electrons. The molecule has 1 heterocycles. The molecule has 0 unspecified atom stereocenters. The first-order valence-electron chi connectivity index (χ1n) is 9.52. The third-order valence-corrected chi connectivity index (χ3v) is 6.53. The summed E-state index contributed by atoms with van der Waals surface area (Å²) in [6.07, 6.45) is -4.33. The van der Waals surface area contributed by atoms with E-state index >= 15 is 0 Å². The highest BCUT2D eigenvalue weighted by molar-refractivity contribution is 7.89. The topological polar surface area (TPSA) is 92.8 Å². The molecule has 0 aromatic heterocycles. The van der Waals surface area contributed by atoms with E-state index in [1.807, 2.05) is 13.8 Å². The van der Waals surface area contributed by atoms with Gasteiger partial charge in [0.2, 0.25) is 10.0 Å². The molecule has 0 bridgehead atoms. The van der Waals surface area contributed by atoms with E-state index in [9.17, 15) is 31.2 Å². The fourth-order valence-corrected chi connectivity index (χ4v) is 4.45. The fourth-order valence-electron chi connectivity index (χ4n) is 2.94. The Morgan fingerprint density at radius 2 is 1.87 bits per heavy atom. The number of benzene rings is 1. The maximum atomic E-state index is 12.9. The Bertz CT molecular complexity index is 863. The lowest BCUT2D eigenvalue weighted by molar-refractivity contribution is -0.153. The smallest absolute Gasteiger partial charge is 0.416 e. The number of halogens is 3. The van der Waals surface area contributed by atoms with Crippen LogP contribution in [0.15, 0.2) is 29.2 Å². The van der Waals surface area contributed by atoms with Crippen LogP contribution in [0.25, 0.3) is 0 Å². The molecule has 0 aliphatic carbocycles. The Hall–Kier alpha value is -2.14. The van der Waals surface area contributed by atoms with Crippen LogP contribution in [0.3, 0.4) is 0 Å². The zero-order chi connectivity index (χ0) is 22.5. The standard InChI is InChI=1S/C19H25F3N2O5S/c1-13(2)11-23-17(25)12-29-18(26)14-6-8-24(9-7-14)30(27,28)16-5-3-4-15(10-16)19(20,21)22/h3-5,10,13-14H,6-9,11-12H2,1-2H3,(H,23,25). The molecule has 0 saturated carbocycles. The van der Waals surface area contributed by atoms with Gasteiger partial charge >= 0.3 is 12.1 Å². The van der Waals surface area contributed by atoms with Gasteiger partial charge in [-0.1, -0.05) is 19.9 Å². The van der Waals surface area contributed by atoms with Crippen molar-refractivity contribution >= 4 is 21.9 Å². The molecule has 30 heavy (non-hydrogen) atoms. The third-order valence-electron chi connectivity index (χ3n) is 4.64. The van der Waals surface area contributed by atoms with Crippen LogP contribution in [0.1, 0.15) is 32.3 Å². The molecule has 1 aromatic carbocycles. The fraction of sp³-hybridized carbons (Fsp3) is 0.579. The number of hydrogen-bond acceptors (Lipinski definition) is 5. The zero-order valence-electron chi connectivity index (χ0n) is 16.7. The molecule has 168 valence electrons. The number of amides is 1. The molecule has 1 saturated heterocycles. The third kappa shape index (κ3) is 6.43. The van der Waals surface area contributed by atoms with Crippen LogP contribution < -0.4 is 5.32 Å². The lowest BCUT2D eigenvalue weighted by Crippen LogP contribution is -2.41. The molecule has 1 aromatic rings. The van der Waals surface area contributed by atoms with Gasteiger partial charge in [-0.3, -0.25) is 9.59 Å². The molecule has 1 amide bonds. The minimum Gasteiger partial charge on any atom is -0.455 e. The lowest BCUT2D eigenvalue weighted by Gasteiger charge is -2.30. The first kappa shape index (κ1) is 24.1. The normalized spacial score (nSPS) is 16.5. The van der Waals surface area contributed by atoms with Gasteiger partial charge < -0.3 is 10.1 Å². The van der Waals surface area contributed by atoms with E-state index in [4.69, 9.17) is 4.74 Å². The van der Waals surface area contributed by atoms with E-state index in [2.05, 4.69) is 5.32 Å². The van der Waals surface area contributed by atoms with Crippen LogP contribution in [0.4, 0.5) is 13.2 Å². The van der Waals surface area contributed by atoms with Gasteiger partial charge in [-0.15, -0.1) is 0 Å². The van der Waals surface area contributed by atoms with Crippen LogP contribution in [0.5, 0.6) is 0 Å². The predicted octanol–water partition coefficient (Wildman–Crippen LogP) is 2.42. The summed E-state index contributed by atoms with van der Waals surface area (Å²) in [6, 6.07) is 3.56. The number of hydrogen-bond donors (Lipinski definition) is 1. The Kier molecular flexibility index (Phi) is 7.87. The van der Waals surface area contributed by atoms with Gasteiger partial charge in [0.05, 0.1) is 16.4 Å². The van der Waals surface area contributed by atoms with E-state index in [1.165, 1.54) is 0 Å². The van der Waals surface area contributed by atoms with Gasteiger partial charge in [0.25, 0.3) is 5.91 Å². The molecule has 1 aliphatic heterocycles. The number of sulfonamides is 1. The van der Waals surface area contributed by atoms with Crippen LogP contribution in [0, 0.1) is 11.8 Å². The minimum absolute atomic E-state index is 0.0299. The number of piperidine rings is 1. The summed E-state index contributed by atoms with van der Waals surface area (Å²) in [5.41, 5.74) is -1.04. The lowest BCUT2D eigenvalue weighted by atomic mass is 9.98. The predicted molar refractivity (Wildman–Crippen MR) is 102 cm³/mol. The molecular formula is C19H25F3N2O5S. The molecule has 7 nitrogen and oxygen atoms in total. The Morgan fingerprint density at radius 1 is 1.23 bits per heavy atom. The van der Waals surface area contributed by atoms with Crippen molar-refractivity contribution in [3.8, 4) is 0 Å². The summed E-state index contributed by atoms with van der Waals surface area (Å²) in [4.78, 5) is 23.3. The van der Waals surface area contributed by atoms with Crippen LogP contribution >= 0.6 is 0 Å². The van der Waals surface area contributed by atoms with Crippen molar-refractivity contribution in [2.75, 3.05) is 26.2 Å². The number of nitrogens with zero attached hydrogens (tertiary/aromatic N) is 1. The molecule has 0 atom stereocenters. The van der Waals surface area contributed by atoms with Crippen molar-refractivity contribution < 1.29 is 35.9 Å². The van der Waals surface area contributed by atoms with Gasteiger partial charge in [0, 0.05) is 19.6 Å². The minimum atomic E-state index is -4.65. The van der Waals surface area contributed by atoms with Crippen molar-refractivity contribution in [3.63, 3.8) is 0 Å². The summed E-state index contributed by atoms with van der Waals surface area (Å²) < 4.78 is 70.0. The second-order valence-electron chi connectivity index (χ2n) is 7.51. The van der Waals surface area contributed by atoms with Crippen LogP contribution in [-0.4, -0.2) is 50.8 Å². The number of nitrogens with one attached hydrogen (secondary N) is 1. The van der Waals surface area contributed by atoms with Crippen molar-refractivity contribution in [1.82, 2.24) is 9.62 Å². The van der Waals surface area contributed by atoms with E-state index in [1.54, 1.807) is 0 Å². The highest BCUT2D eigenvalue weighted by Gasteiger charge is 2.35. The number of carbonyl (C=O) groups is 2. The summed E-state index contributed by atoms with van der Waals surface area (Å²) in [6.45, 7) is 3.84. The molecule has 1 fully saturated rings. The molecule has 2 rings (SSSR count). The summed E-state index contributed by atoms with van der Waals surface area (Å²) in [7, 11) is -4.12. The number of esters is 1. The largest absolute Gasteiger partial charge is 0.455 e. The van der Waals surface area contributed by atoms with E-state index in [-0.39, 0.29) is 31.8 Å². The average Bonchev–Trinajstić information content (AvgIpc) is 2.70. The van der Waals surface area contributed by atoms with E-state index in [0.717, 1.165) is 22.5 Å². The summed E-state index contributed by atoms with van der Waals surface area (Å²) in [5.74, 6) is -1.32. The first-order chi connectivity index (χ1) is 13.9. The van der Waals surface area contributed by atoms with Crippen molar-refractivity contribution in [3.05, 3.63) is 29.8 Å². The van der Waals surface area contributed by atoms with E-state index < -0.39 is 51.1 Å². The molecular weight excluding hydrogens is 425 g/mol. The maximum Gasteiger partial charge on any atom is 0.416 e. The van der Waals surface area contributed by atoms with Crippen LogP contribution in [-0.2, 0) is 30.5 Å². The van der Waals surface area contributed by atoms with Gasteiger partial charge in [-0.05, 0) is 37.0 Å². The van der Waals surface area contributed by atoms with Crippen molar-refractivity contribution in [2.24, 2.45) is 11.8 Å². The highest BCUT2D eigenvalue weighted by Crippen LogP contribution is 2.32. The maximum absolute atomic E-state index is 12.9. The summed E-state index contributed by atoms with van der Waals surface area (Å²) >= 11 is 0. The molecule has 1 aliphatic rings. The molecule has 11 heteroatoms. The zero-order valence-corrected chi connectivity index (χ0v) is 17.6. The highest BCUT2D eigenvalue weighted by atomic mass is 32.2. The second kappa shape index (κ2) is 9.78.